The van der Waals surface area contributed by atoms with Crippen molar-refractivity contribution in [2.45, 2.75) is 6.04 Å². The Kier molecular flexibility index (Phi) is 6.23. The molecule has 4 heteroatoms. The van der Waals surface area contributed by atoms with Crippen molar-refractivity contribution in [2.75, 3.05) is 27.4 Å². The van der Waals surface area contributed by atoms with Gasteiger partial charge in [-0.1, -0.05) is 46.3 Å². The fourth-order valence-electron chi connectivity index (χ4n) is 2.24. The first-order valence-electron chi connectivity index (χ1n) is 6.89. The summed E-state index contributed by atoms with van der Waals surface area (Å²) in [6.45, 7) is 1.13. The van der Waals surface area contributed by atoms with E-state index in [4.69, 9.17) is 9.47 Å². The number of rotatable bonds is 7. The van der Waals surface area contributed by atoms with Crippen molar-refractivity contribution < 1.29 is 9.47 Å². The van der Waals surface area contributed by atoms with Gasteiger partial charge in [0.15, 0.2) is 0 Å². The Labute approximate surface area is 134 Å². The molecule has 0 heterocycles. The first-order chi connectivity index (χ1) is 10.3. The molecule has 1 unspecified atom stereocenters. The number of halogens is 1. The molecule has 0 saturated carbocycles. The molecular formula is C17H20BrNO2. The highest BCUT2D eigenvalue weighted by molar-refractivity contribution is 9.10. The lowest BCUT2D eigenvalue weighted by molar-refractivity contribution is 0.145. The highest BCUT2D eigenvalue weighted by Gasteiger charge is 2.16. The van der Waals surface area contributed by atoms with Gasteiger partial charge in [-0.2, -0.15) is 0 Å². The first-order valence-corrected chi connectivity index (χ1v) is 7.69. The Morgan fingerprint density at radius 1 is 1.05 bits per heavy atom. The van der Waals surface area contributed by atoms with Crippen LogP contribution in [0.3, 0.4) is 0 Å². The molecule has 0 saturated heterocycles. The van der Waals surface area contributed by atoms with Crippen LogP contribution in [0.1, 0.15) is 17.2 Å². The zero-order valence-electron chi connectivity index (χ0n) is 12.3. The van der Waals surface area contributed by atoms with Gasteiger partial charge in [0.1, 0.15) is 12.4 Å². The number of nitrogens with one attached hydrogen (secondary N) is 1. The lowest BCUT2D eigenvalue weighted by Crippen LogP contribution is -2.19. The fraction of sp³-hybridized carbons (Fsp3) is 0.294. The molecule has 0 aliphatic carbocycles. The maximum absolute atomic E-state index is 5.83. The molecule has 0 spiro atoms. The van der Waals surface area contributed by atoms with E-state index in [1.807, 2.05) is 37.4 Å². The van der Waals surface area contributed by atoms with Crippen LogP contribution in [0, 0.1) is 0 Å². The predicted octanol–water partition coefficient (Wildman–Crippen LogP) is 3.78. The third kappa shape index (κ3) is 4.30. The molecular weight excluding hydrogens is 330 g/mol. The summed E-state index contributed by atoms with van der Waals surface area (Å²) in [5.41, 5.74) is 2.32. The van der Waals surface area contributed by atoms with Crippen LogP contribution in [0.5, 0.6) is 5.75 Å². The van der Waals surface area contributed by atoms with Gasteiger partial charge in [0, 0.05) is 17.1 Å². The minimum atomic E-state index is 0.0943. The van der Waals surface area contributed by atoms with E-state index in [0.29, 0.717) is 13.2 Å². The zero-order valence-corrected chi connectivity index (χ0v) is 13.9. The number of para-hydroxylation sites is 1. The minimum absolute atomic E-state index is 0.0943. The van der Waals surface area contributed by atoms with Crippen LogP contribution in [0.2, 0.25) is 0 Å². The Morgan fingerprint density at radius 3 is 2.43 bits per heavy atom. The smallest absolute Gasteiger partial charge is 0.124 e. The molecule has 112 valence electrons. The number of hydrogen-bond donors (Lipinski definition) is 1. The van der Waals surface area contributed by atoms with Crippen molar-refractivity contribution in [3.63, 3.8) is 0 Å². The van der Waals surface area contributed by atoms with Crippen molar-refractivity contribution in [1.82, 2.24) is 5.32 Å². The normalized spacial score (nSPS) is 12.1. The van der Waals surface area contributed by atoms with Gasteiger partial charge in [0.05, 0.1) is 12.6 Å². The SMILES string of the molecule is CNC(c1ccc(Br)cc1)c1ccccc1OCCOC. The van der Waals surface area contributed by atoms with Crippen molar-refractivity contribution in [3.8, 4) is 5.75 Å². The van der Waals surface area contributed by atoms with Crippen LogP contribution < -0.4 is 10.1 Å². The van der Waals surface area contributed by atoms with Gasteiger partial charge < -0.3 is 14.8 Å². The molecule has 0 amide bonds. The van der Waals surface area contributed by atoms with Crippen LogP contribution >= 0.6 is 15.9 Å². The van der Waals surface area contributed by atoms with Gasteiger partial charge in [0.25, 0.3) is 0 Å². The molecule has 2 aromatic carbocycles. The Morgan fingerprint density at radius 2 is 1.76 bits per heavy atom. The topological polar surface area (TPSA) is 30.5 Å². The molecule has 2 aromatic rings. The van der Waals surface area contributed by atoms with Crippen LogP contribution in [0.4, 0.5) is 0 Å². The van der Waals surface area contributed by atoms with Crippen molar-refractivity contribution in [1.29, 1.82) is 0 Å². The van der Waals surface area contributed by atoms with Crippen LogP contribution in [0.15, 0.2) is 53.0 Å². The van der Waals surface area contributed by atoms with Crippen molar-refractivity contribution in [3.05, 3.63) is 64.1 Å². The van der Waals surface area contributed by atoms with E-state index in [2.05, 4.69) is 39.4 Å². The summed E-state index contributed by atoms with van der Waals surface area (Å²) >= 11 is 3.47. The lowest BCUT2D eigenvalue weighted by Gasteiger charge is -2.20. The Hall–Kier alpha value is -1.36. The van der Waals surface area contributed by atoms with Gasteiger partial charge in [-0.3, -0.25) is 0 Å². The number of hydrogen-bond acceptors (Lipinski definition) is 3. The monoisotopic (exact) mass is 349 g/mol. The molecule has 21 heavy (non-hydrogen) atoms. The summed E-state index contributed by atoms with van der Waals surface area (Å²) in [5, 5.41) is 3.36. The van der Waals surface area contributed by atoms with E-state index in [1.165, 1.54) is 5.56 Å². The largest absolute Gasteiger partial charge is 0.491 e. The molecule has 1 N–H and O–H groups in total. The van der Waals surface area contributed by atoms with Gasteiger partial charge in [-0.05, 0) is 30.8 Å². The van der Waals surface area contributed by atoms with E-state index in [-0.39, 0.29) is 6.04 Å². The molecule has 2 rings (SSSR count). The highest BCUT2D eigenvalue weighted by Crippen LogP contribution is 2.30. The van der Waals surface area contributed by atoms with Gasteiger partial charge >= 0.3 is 0 Å². The van der Waals surface area contributed by atoms with E-state index < -0.39 is 0 Å². The first kappa shape index (κ1) is 16.0. The average molecular weight is 350 g/mol. The lowest BCUT2D eigenvalue weighted by atomic mass is 9.98. The maximum Gasteiger partial charge on any atom is 0.124 e. The summed E-state index contributed by atoms with van der Waals surface area (Å²) < 4.78 is 11.9. The van der Waals surface area contributed by atoms with Crippen molar-refractivity contribution >= 4 is 15.9 Å². The number of methoxy groups -OCH3 is 1. The third-order valence-corrected chi connectivity index (χ3v) is 3.80. The van der Waals surface area contributed by atoms with Crippen molar-refractivity contribution in [2.24, 2.45) is 0 Å². The Balaban J connectivity index is 2.27. The maximum atomic E-state index is 5.83. The average Bonchev–Trinajstić information content (AvgIpc) is 2.51. The van der Waals surface area contributed by atoms with Gasteiger partial charge in [-0.25, -0.2) is 0 Å². The predicted molar refractivity (Wildman–Crippen MR) is 88.9 cm³/mol. The second kappa shape index (κ2) is 8.17. The minimum Gasteiger partial charge on any atom is -0.491 e. The number of ether oxygens (including phenoxy) is 2. The highest BCUT2D eigenvalue weighted by atomic mass is 79.9. The number of benzene rings is 2. The standard InChI is InChI=1S/C17H20BrNO2/c1-19-17(13-7-9-14(18)10-8-13)15-5-3-4-6-16(15)21-12-11-20-2/h3-10,17,19H,11-12H2,1-2H3. The summed E-state index contributed by atoms with van der Waals surface area (Å²) in [7, 11) is 3.63. The van der Waals surface area contributed by atoms with Crippen LogP contribution in [0.25, 0.3) is 0 Å². The molecule has 0 aromatic heterocycles. The van der Waals surface area contributed by atoms with E-state index in [1.54, 1.807) is 7.11 Å². The van der Waals surface area contributed by atoms with E-state index in [9.17, 15) is 0 Å². The molecule has 0 aliphatic heterocycles. The van der Waals surface area contributed by atoms with E-state index >= 15 is 0 Å². The quantitative estimate of drug-likeness (QED) is 0.771. The molecule has 0 fully saturated rings. The van der Waals surface area contributed by atoms with Crippen LogP contribution in [-0.2, 0) is 4.74 Å². The molecule has 0 bridgehead atoms. The molecule has 0 radical (unpaired) electrons. The van der Waals surface area contributed by atoms with Crippen LogP contribution in [-0.4, -0.2) is 27.4 Å². The molecule has 1 atom stereocenters. The third-order valence-electron chi connectivity index (χ3n) is 3.27. The van der Waals surface area contributed by atoms with E-state index in [0.717, 1.165) is 15.8 Å². The summed E-state index contributed by atoms with van der Waals surface area (Å²) in [4.78, 5) is 0. The summed E-state index contributed by atoms with van der Waals surface area (Å²) in [6.07, 6.45) is 0. The fourth-order valence-corrected chi connectivity index (χ4v) is 2.51. The zero-order chi connectivity index (χ0) is 15.1. The molecule has 0 aliphatic rings. The summed E-state index contributed by atoms with van der Waals surface area (Å²) in [6, 6.07) is 16.5. The van der Waals surface area contributed by atoms with Gasteiger partial charge in [-0.15, -0.1) is 0 Å². The summed E-state index contributed by atoms with van der Waals surface area (Å²) in [5.74, 6) is 0.886. The Bertz CT molecular complexity index is 557. The second-order valence-electron chi connectivity index (χ2n) is 4.65. The molecule has 3 nitrogen and oxygen atoms in total. The second-order valence-corrected chi connectivity index (χ2v) is 5.57. The van der Waals surface area contributed by atoms with Gasteiger partial charge in [0.2, 0.25) is 0 Å².